The minimum atomic E-state index is -0.420. The van der Waals surface area contributed by atoms with Crippen LogP contribution in [0.5, 0.6) is 0 Å². The van der Waals surface area contributed by atoms with E-state index in [1.54, 1.807) is 23.5 Å². The maximum atomic E-state index is 12.7. The molecule has 2 aromatic rings. The minimum absolute atomic E-state index is 0.0393. The number of nitrogens with zero attached hydrogens (tertiary/aromatic N) is 2. The molecule has 1 unspecified atom stereocenters. The molecule has 1 atom stereocenters. The zero-order valence-electron chi connectivity index (χ0n) is 15.8. The Kier molecular flexibility index (Phi) is 4.91. The molecule has 0 bridgehead atoms. The van der Waals surface area contributed by atoms with Gasteiger partial charge < -0.3 is 10.6 Å². The number of nitro benzene ring substituents is 1. The quantitative estimate of drug-likeness (QED) is 0.607. The van der Waals surface area contributed by atoms with Crippen molar-refractivity contribution >= 4 is 34.0 Å². The van der Waals surface area contributed by atoms with Crippen LogP contribution in [0.2, 0.25) is 0 Å². The maximum absolute atomic E-state index is 12.7. The topological polar surface area (TPSA) is 87.5 Å². The molecule has 7 nitrogen and oxygen atoms in total. The van der Waals surface area contributed by atoms with Crippen LogP contribution >= 0.6 is 11.3 Å². The molecule has 1 aromatic heterocycles. The summed E-state index contributed by atoms with van der Waals surface area (Å²) in [4.78, 5) is 26.7. The number of anilines is 1. The zero-order valence-corrected chi connectivity index (χ0v) is 16.6. The van der Waals surface area contributed by atoms with Gasteiger partial charge in [-0.1, -0.05) is 6.08 Å². The number of non-ortho nitro benzene ring substituents is 1. The van der Waals surface area contributed by atoms with Crippen molar-refractivity contribution in [2.75, 3.05) is 11.9 Å². The van der Waals surface area contributed by atoms with Crippen LogP contribution in [0.4, 0.5) is 10.7 Å². The van der Waals surface area contributed by atoms with Crippen molar-refractivity contribution < 1.29 is 9.72 Å². The summed E-state index contributed by atoms with van der Waals surface area (Å²) in [6.07, 6.45) is 4.30. The molecule has 1 amide bonds. The lowest BCUT2D eigenvalue weighted by Gasteiger charge is -2.30. The molecular formula is C20H22N4O3S. The van der Waals surface area contributed by atoms with Gasteiger partial charge in [-0.2, -0.15) is 0 Å². The van der Waals surface area contributed by atoms with E-state index >= 15 is 0 Å². The van der Waals surface area contributed by atoms with Crippen molar-refractivity contribution in [1.29, 1.82) is 0 Å². The lowest BCUT2D eigenvalue weighted by molar-refractivity contribution is -0.384. The number of hydrogen-bond donors (Lipinski definition) is 2. The number of benzene rings is 1. The summed E-state index contributed by atoms with van der Waals surface area (Å²) in [6.45, 7) is 6.26. The first-order chi connectivity index (χ1) is 13.4. The van der Waals surface area contributed by atoms with Gasteiger partial charge in [0.2, 0.25) is 0 Å². The Hall–Kier alpha value is -2.71. The largest absolute Gasteiger partial charge is 0.353 e. The number of amides is 1. The Morgan fingerprint density at radius 3 is 2.71 bits per heavy atom. The van der Waals surface area contributed by atoms with Crippen LogP contribution in [0.25, 0.3) is 6.08 Å². The zero-order chi connectivity index (χ0) is 19.8. The van der Waals surface area contributed by atoms with E-state index in [1.807, 2.05) is 12.2 Å². The Bertz CT molecular complexity index is 949. The number of nitrogens with one attached hydrogen (secondary N) is 2. The SMILES string of the molecule is CC(C)N1CCc2c(sc3c2C(=O)NC(C=Cc2ccc([N+](=O)[O-])cc2)N3)C1. The number of hydrogen-bond acceptors (Lipinski definition) is 6. The van der Waals surface area contributed by atoms with Crippen LogP contribution < -0.4 is 10.6 Å². The van der Waals surface area contributed by atoms with Gasteiger partial charge in [0, 0.05) is 36.1 Å². The van der Waals surface area contributed by atoms with Gasteiger partial charge >= 0.3 is 0 Å². The molecule has 146 valence electrons. The Balaban J connectivity index is 1.51. The first kappa shape index (κ1) is 18.6. The summed E-state index contributed by atoms with van der Waals surface area (Å²) in [7, 11) is 0. The van der Waals surface area contributed by atoms with Gasteiger partial charge in [-0.05, 0) is 49.6 Å². The third-order valence-electron chi connectivity index (χ3n) is 5.20. The van der Waals surface area contributed by atoms with Crippen molar-refractivity contribution in [1.82, 2.24) is 10.2 Å². The highest BCUT2D eigenvalue weighted by atomic mass is 32.1. The van der Waals surface area contributed by atoms with Crippen LogP contribution in [-0.2, 0) is 13.0 Å². The van der Waals surface area contributed by atoms with Crippen LogP contribution in [0, 0.1) is 10.1 Å². The summed E-state index contributed by atoms with van der Waals surface area (Å²) in [5, 5.41) is 18.1. The summed E-state index contributed by atoms with van der Waals surface area (Å²) in [5.41, 5.74) is 2.87. The van der Waals surface area contributed by atoms with E-state index in [1.165, 1.54) is 22.6 Å². The molecule has 3 heterocycles. The molecule has 0 saturated carbocycles. The molecule has 1 aromatic carbocycles. The number of fused-ring (bicyclic) bond motifs is 3. The molecule has 0 spiro atoms. The van der Waals surface area contributed by atoms with Crippen molar-refractivity contribution in [3.8, 4) is 0 Å². The van der Waals surface area contributed by atoms with Gasteiger partial charge in [0.05, 0.1) is 10.5 Å². The average Bonchev–Trinajstić information content (AvgIpc) is 3.04. The molecule has 8 heteroatoms. The number of carbonyl (C=O) groups excluding carboxylic acids is 1. The van der Waals surface area contributed by atoms with Crippen molar-refractivity contribution in [3.05, 3.63) is 62.0 Å². The molecule has 28 heavy (non-hydrogen) atoms. The molecule has 4 rings (SSSR count). The molecule has 2 aliphatic heterocycles. The second kappa shape index (κ2) is 7.37. The second-order valence-electron chi connectivity index (χ2n) is 7.33. The average molecular weight is 398 g/mol. The first-order valence-electron chi connectivity index (χ1n) is 9.31. The predicted molar refractivity (Wildman–Crippen MR) is 111 cm³/mol. The Labute approximate surface area is 167 Å². The fourth-order valence-corrected chi connectivity index (χ4v) is 4.92. The standard InChI is InChI=1S/C20H22N4O3S/c1-12(2)23-10-9-15-16(11-23)28-20-18(15)19(25)21-17(22-20)8-5-13-3-6-14(7-4-13)24(26)27/h3-8,12,17,22H,9-11H2,1-2H3,(H,21,25). The Morgan fingerprint density at radius 1 is 1.29 bits per heavy atom. The minimum Gasteiger partial charge on any atom is -0.353 e. The summed E-state index contributed by atoms with van der Waals surface area (Å²) >= 11 is 1.67. The van der Waals surface area contributed by atoms with E-state index in [9.17, 15) is 14.9 Å². The molecular weight excluding hydrogens is 376 g/mol. The molecule has 0 radical (unpaired) electrons. The van der Waals surface area contributed by atoms with Gasteiger partial charge in [0.15, 0.2) is 0 Å². The number of carbonyl (C=O) groups is 1. The van der Waals surface area contributed by atoms with E-state index in [-0.39, 0.29) is 17.8 Å². The predicted octanol–water partition coefficient (Wildman–Crippen LogP) is 3.62. The molecule has 2 aliphatic rings. The lowest BCUT2D eigenvalue weighted by atomic mass is 10.0. The van der Waals surface area contributed by atoms with Crippen LogP contribution in [-0.4, -0.2) is 34.5 Å². The molecule has 0 saturated heterocycles. The highest BCUT2D eigenvalue weighted by Crippen LogP contribution is 2.39. The van der Waals surface area contributed by atoms with E-state index < -0.39 is 4.92 Å². The van der Waals surface area contributed by atoms with Crippen molar-refractivity contribution in [2.45, 2.75) is 39.0 Å². The van der Waals surface area contributed by atoms with Crippen molar-refractivity contribution in [3.63, 3.8) is 0 Å². The molecule has 0 fully saturated rings. The fourth-order valence-electron chi connectivity index (χ4n) is 3.61. The lowest BCUT2D eigenvalue weighted by Crippen LogP contribution is -2.43. The van der Waals surface area contributed by atoms with Gasteiger partial charge in [-0.25, -0.2) is 0 Å². The monoisotopic (exact) mass is 398 g/mol. The highest BCUT2D eigenvalue weighted by molar-refractivity contribution is 7.16. The summed E-state index contributed by atoms with van der Waals surface area (Å²) in [6, 6.07) is 6.81. The van der Waals surface area contributed by atoms with E-state index in [0.717, 1.165) is 35.6 Å². The van der Waals surface area contributed by atoms with E-state index in [0.29, 0.717) is 6.04 Å². The van der Waals surface area contributed by atoms with Crippen molar-refractivity contribution in [2.24, 2.45) is 0 Å². The highest BCUT2D eigenvalue weighted by Gasteiger charge is 2.32. The smallest absolute Gasteiger partial charge is 0.269 e. The Morgan fingerprint density at radius 2 is 2.04 bits per heavy atom. The van der Waals surface area contributed by atoms with Crippen LogP contribution in [0.15, 0.2) is 30.3 Å². The third kappa shape index (κ3) is 3.53. The first-order valence-corrected chi connectivity index (χ1v) is 10.1. The normalized spacial score (nSPS) is 19.2. The van der Waals surface area contributed by atoms with Gasteiger partial charge in [0.1, 0.15) is 11.2 Å². The third-order valence-corrected chi connectivity index (χ3v) is 6.35. The molecule has 0 aliphatic carbocycles. The van der Waals surface area contributed by atoms with Gasteiger partial charge in [-0.15, -0.1) is 11.3 Å². The van der Waals surface area contributed by atoms with Crippen LogP contribution in [0.3, 0.4) is 0 Å². The van der Waals surface area contributed by atoms with Gasteiger partial charge in [-0.3, -0.25) is 19.8 Å². The summed E-state index contributed by atoms with van der Waals surface area (Å²) < 4.78 is 0. The second-order valence-corrected chi connectivity index (χ2v) is 8.43. The maximum Gasteiger partial charge on any atom is 0.269 e. The number of thiophene rings is 1. The van der Waals surface area contributed by atoms with E-state index in [2.05, 4.69) is 29.4 Å². The fraction of sp³-hybridized carbons (Fsp3) is 0.350. The van der Waals surface area contributed by atoms with Crippen LogP contribution in [0.1, 0.15) is 40.2 Å². The molecule has 2 N–H and O–H groups in total. The number of rotatable bonds is 4. The van der Waals surface area contributed by atoms with E-state index in [4.69, 9.17) is 0 Å². The number of nitro groups is 1. The summed E-state index contributed by atoms with van der Waals surface area (Å²) in [5.74, 6) is -0.0393. The van der Waals surface area contributed by atoms with Gasteiger partial charge in [0.25, 0.3) is 11.6 Å².